The van der Waals surface area contributed by atoms with E-state index in [1.54, 1.807) is 7.11 Å². The van der Waals surface area contributed by atoms with Crippen molar-refractivity contribution in [3.8, 4) is 5.75 Å². The third-order valence-corrected chi connectivity index (χ3v) is 4.44. The van der Waals surface area contributed by atoms with Crippen LogP contribution in [0, 0.1) is 5.92 Å². The molecule has 5 nitrogen and oxygen atoms in total. The maximum Gasteiger partial charge on any atom is 0.225 e. The van der Waals surface area contributed by atoms with E-state index in [9.17, 15) is 9.90 Å². The van der Waals surface area contributed by atoms with Crippen molar-refractivity contribution >= 4 is 11.6 Å². The van der Waals surface area contributed by atoms with Crippen LogP contribution >= 0.6 is 0 Å². The first-order chi connectivity index (χ1) is 11.0. The normalized spacial score (nSPS) is 17.1. The molecule has 1 aromatic rings. The van der Waals surface area contributed by atoms with Gasteiger partial charge in [-0.15, -0.1) is 0 Å². The summed E-state index contributed by atoms with van der Waals surface area (Å²) in [6, 6.07) is 8.03. The lowest BCUT2D eigenvalue weighted by atomic mass is 10.0. The summed E-state index contributed by atoms with van der Waals surface area (Å²) in [6.45, 7) is 7.09. The van der Waals surface area contributed by atoms with E-state index < -0.39 is 6.10 Å². The molecule has 1 N–H and O–H groups in total. The van der Waals surface area contributed by atoms with E-state index in [2.05, 4.69) is 17.0 Å². The number of aliphatic hydroxyl groups is 1. The summed E-state index contributed by atoms with van der Waals surface area (Å²) in [4.78, 5) is 16.5. The third-order valence-electron chi connectivity index (χ3n) is 4.44. The molecule has 0 radical (unpaired) electrons. The number of ether oxygens (including phenoxy) is 1. The van der Waals surface area contributed by atoms with Gasteiger partial charge in [-0.05, 0) is 36.6 Å². The van der Waals surface area contributed by atoms with Crippen LogP contribution in [0.15, 0.2) is 24.3 Å². The molecule has 1 unspecified atom stereocenters. The molecule has 0 spiro atoms. The monoisotopic (exact) mass is 320 g/mol. The number of carbonyl (C=O) groups excluding carboxylic acids is 1. The molecular weight excluding hydrogens is 292 g/mol. The molecule has 1 atom stereocenters. The Kier molecular flexibility index (Phi) is 6.28. The van der Waals surface area contributed by atoms with Gasteiger partial charge in [0.15, 0.2) is 0 Å². The van der Waals surface area contributed by atoms with Crippen LogP contribution in [-0.2, 0) is 4.79 Å². The number of nitrogens with zero attached hydrogens (tertiary/aromatic N) is 2. The van der Waals surface area contributed by atoms with Crippen LogP contribution < -0.4 is 9.64 Å². The molecule has 1 saturated heterocycles. The molecule has 1 amide bonds. The Morgan fingerprint density at radius 3 is 2.48 bits per heavy atom. The largest absolute Gasteiger partial charge is 0.497 e. The van der Waals surface area contributed by atoms with Gasteiger partial charge in [-0.25, -0.2) is 0 Å². The first-order valence-corrected chi connectivity index (χ1v) is 8.36. The molecule has 0 saturated carbocycles. The van der Waals surface area contributed by atoms with E-state index in [1.807, 2.05) is 30.9 Å². The average Bonchev–Trinajstić information content (AvgIpc) is 2.81. The molecule has 23 heavy (non-hydrogen) atoms. The minimum absolute atomic E-state index is 0.0581. The van der Waals surface area contributed by atoms with Crippen LogP contribution in [0.1, 0.15) is 26.7 Å². The van der Waals surface area contributed by atoms with Gasteiger partial charge < -0.3 is 19.6 Å². The van der Waals surface area contributed by atoms with Gasteiger partial charge in [0.05, 0.1) is 19.6 Å². The number of aliphatic hydroxyl groups excluding tert-OH is 1. The fourth-order valence-electron chi connectivity index (χ4n) is 2.76. The van der Waals surface area contributed by atoms with Gasteiger partial charge in [-0.3, -0.25) is 4.79 Å². The predicted molar refractivity (Wildman–Crippen MR) is 91.9 cm³/mol. The van der Waals surface area contributed by atoms with Gasteiger partial charge in [0.1, 0.15) is 5.75 Å². The molecule has 1 fully saturated rings. The smallest absolute Gasteiger partial charge is 0.225 e. The summed E-state index contributed by atoms with van der Waals surface area (Å²) in [7, 11) is 1.66. The maximum absolute atomic E-state index is 12.3. The standard InChI is InChI=1S/C18H28N2O3/c1-14(2)17(21)13-18(22)20-10-4-9-19(11-12-20)15-5-7-16(23-3)8-6-15/h5-8,14,17,21H,4,9-13H2,1-3H3. The number of methoxy groups -OCH3 is 1. The zero-order valence-corrected chi connectivity index (χ0v) is 14.4. The maximum atomic E-state index is 12.3. The molecule has 0 aliphatic carbocycles. The van der Waals surface area contributed by atoms with Crippen LogP contribution in [-0.4, -0.2) is 55.3 Å². The molecule has 128 valence electrons. The van der Waals surface area contributed by atoms with E-state index >= 15 is 0 Å². The van der Waals surface area contributed by atoms with Gasteiger partial charge >= 0.3 is 0 Å². The zero-order valence-electron chi connectivity index (χ0n) is 14.4. The highest BCUT2D eigenvalue weighted by Crippen LogP contribution is 2.21. The number of amides is 1. The fraction of sp³-hybridized carbons (Fsp3) is 0.611. The topological polar surface area (TPSA) is 53.0 Å². The highest BCUT2D eigenvalue weighted by molar-refractivity contribution is 5.76. The Balaban J connectivity index is 1.92. The number of rotatable bonds is 5. The molecule has 1 aromatic carbocycles. The Labute approximate surface area is 138 Å². The lowest BCUT2D eigenvalue weighted by molar-refractivity contribution is -0.133. The van der Waals surface area contributed by atoms with E-state index in [-0.39, 0.29) is 18.2 Å². The van der Waals surface area contributed by atoms with Gasteiger partial charge in [0.25, 0.3) is 0 Å². The molecule has 1 aliphatic rings. The summed E-state index contributed by atoms with van der Waals surface area (Å²) in [5.41, 5.74) is 1.15. The zero-order chi connectivity index (χ0) is 16.8. The van der Waals surface area contributed by atoms with E-state index in [1.165, 1.54) is 0 Å². The fourth-order valence-corrected chi connectivity index (χ4v) is 2.76. The molecule has 5 heteroatoms. The Bertz CT molecular complexity index is 501. The van der Waals surface area contributed by atoms with Gasteiger partial charge in [-0.2, -0.15) is 0 Å². The SMILES string of the molecule is COc1ccc(N2CCCN(C(=O)CC(O)C(C)C)CC2)cc1. The summed E-state index contributed by atoms with van der Waals surface area (Å²) in [5.74, 6) is 1.02. The van der Waals surface area contributed by atoms with Crippen molar-refractivity contribution in [3.05, 3.63) is 24.3 Å². The number of hydrogen-bond acceptors (Lipinski definition) is 4. The first kappa shape index (κ1) is 17.6. The molecule has 0 aromatic heterocycles. The summed E-state index contributed by atoms with van der Waals surface area (Å²) >= 11 is 0. The van der Waals surface area contributed by atoms with Crippen molar-refractivity contribution in [3.63, 3.8) is 0 Å². The highest BCUT2D eigenvalue weighted by atomic mass is 16.5. The second-order valence-corrected chi connectivity index (χ2v) is 6.43. The summed E-state index contributed by atoms with van der Waals surface area (Å²) in [5, 5.41) is 9.91. The molecule has 2 rings (SSSR count). The van der Waals surface area contributed by atoms with Crippen LogP contribution in [0.2, 0.25) is 0 Å². The van der Waals surface area contributed by atoms with Crippen molar-refractivity contribution in [2.75, 3.05) is 38.2 Å². The van der Waals surface area contributed by atoms with E-state index in [0.717, 1.165) is 37.5 Å². The van der Waals surface area contributed by atoms with Gasteiger partial charge in [0, 0.05) is 31.9 Å². The number of carbonyl (C=O) groups is 1. The Morgan fingerprint density at radius 2 is 1.87 bits per heavy atom. The van der Waals surface area contributed by atoms with Crippen molar-refractivity contribution in [1.82, 2.24) is 4.90 Å². The van der Waals surface area contributed by atoms with Crippen LogP contribution in [0.25, 0.3) is 0 Å². The van der Waals surface area contributed by atoms with Crippen LogP contribution in [0.4, 0.5) is 5.69 Å². The highest BCUT2D eigenvalue weighted by Gasteiger charge is 2.22. The van der Waals surface area contributed by atoms with E-state index in [0.29, 0.717) is 6.54 Å². The lowest BCUT2D eigenvalue weighted by Gasteiger charge is -2.25. The second-order valence-electron chi connectivity index (χ2n) is 6.43. The van der Waals surface area contributed by atoms with Crippen LogP contribution in [0.5, 0.6) is 5.75 Å². The summed E-state index contributed by atoms with van der Waals surface area (Å²) < 4.78 is 5.19. The average molecular weight is 320 g/mol. The predicted octanol–water partition coefficient (Wildman–Crippen LogP) is 2.14. The van der Waals surface area contributed by atoms with Gasteiger partial charge in [0.2, 0.25) is 5.91 Å². The number of hydrogen-bond donors (Lipinski definition) is 1. The number of benzene rings is 1. The van der Waals surface area contributed by atoms with Crippen molar-refractivity contribution in [1.29, 1.82) is 0 Å². The molecular formula is C18H28N2O3. The van der Waals surface area contributed by atoms with Crippen molar-refractivity contribution < 1.29 is 14.6 Å². The third kappa shape index (κ3) is 4.86. The molecule has 1 aliphatic heterocycles. The van der Waals surface area contributed by atoms with Gasteiger partial charge in [-0.1, -0.05) is 13.8 Å². The minimum atomic E-state index is -0.552. The lowest BCUT2D eigenvalue weighted by Crippen LogP contribution is -2.37. The Morgan fingerprint density at radius 1 is 1.17 bits per heavy atom. The van der Waals surface area contributed by atoms with Crippen molar-refractivity contribution in [2.24, 2.45) is 5.92 Å². The minimum Gasteiger partial charge on any atom is -0.497 e. The van der Waals surface area contributed by atoms with Crippen LogP contribution in [0.3, 0.4) is 0 Å². The quantitative estimate of drug-likeness (QED) is 0.903. The number of anilines is 1. The first-order valence-electron chi connectivity index (χ1n) is 8.36. The van der Waals surface area contributed by atoms with E-state index in [4.69, 9.17) is 4.74 Å². The molecule has 0 bridgehead atoms. The summed E-state index contributed by atoms with van der Waals surface area (Å²) in [6.07, 6.45) is 0.610. The molecule has 1 heterocycles. The Hall–Kier alpha value is -1.75. The van der Waals surface area contributed by atoms with Crippen molar-refractivity contribution in [2.45, 2.75) is 32.8 Å². The second kappa shape index (κ2) is 8.20.